The predicted molar refractivity (Wildman–Crippen MR) is 113 cm³/mol. The van der Waals surface area contributed by atoms with Crippen molar-refractivity contribution in [3.63, 3.8) is 0 Å². The fraction of sp³-hybridized carbons (Fsp3) is 0.250. The molecule has 30 heavy (non-hydrogen) atoms. The van der Waals surface area contributed by atoms with Crippen LogP contribution < -0.4 is 14.8 Å². The van der Waals surface area contributed by atoms with Crippen LogP contribution in [0.2, 0.25) is 0 Å². The van der Waals surface area contributed by atoms with Gasteiger partial charge in [0.2, 0.25) is 17.3 Å². The third-order valence-corrected chi connectivity index (χ3v) is 5.00. The number of thioether (sulfide) groups is 1. The van der Waals surface area contributed by atoms with Crippen LogP contribution in [-0.4, -0.2) is 33.0 Å². The number of benzene rings is 2. The van der Waals surface area contributed by atoms with Gasteiger partial charge in [-0.25, -0.2) is 0 Å². The zero-order chi connectivity index (χ0) is 21.1. The number of para-hydroxylation sites is 1. The van der Waals surface area contributed by atoms with E-state index in [1.165, 1.54) is 23.9 Å². The number of nitro groups is 1. The van der Waals surface area contributed by atoms with Crippen molar-refractivity contribution in [3.05, 3.63) is 58.1 Å². The van der Waals surface area contributed by atoms with Gasteiger partial charge in [0.25, 0.3) is 5.69 Å². The molecule has 0 bridgehead atoms. The lowest BCUT2D eigenvalue weighted by molar-refractivity contribution is -0.385. The minimum absolute atomic E-state index is 0.0531. The average Bonchev–Trinajstić information content (AvgIpc) is 2.93. The van der Waals surface area contributed by atoms with Crippen LogP contribution in [0.1, 0.15) is 25.1 Å². The molecular weight excluding hydrogens is 406 g/mol. The molecule has 2 heterocycles. The quantitative estimate of drug-likeness (QED) is 0.347. The van der Waals surface area contributed by atoms with E-state index in [1.54, 1.807) is 6.07 Å². The maximum absolute atomic E-state index is 11.4. The van der Waals surface area contributed by atoms with Crippen LogP contribution in [0.25, 0.3) is 11.3 Å². The van der Waals surface area contributed by atoms with Crippen LogP contribution in [0.15, 0.2) is 47.6 Å². The number of ether oxygens (including phenoxy) is 2. The van der Waals surface area contributed by atoms with Gasteiger partial charge in [0.1, 0.15) is 5.75 Å². The minimum Gasteiger partial charge on any atom is -0.493 e. The highest BCUT2D eigenvalue weighted by Gasteiger charge is 2.29. The molecule has 0 saturated heterocycles. The molecule has 1 N–H and O–H groups in total. The summed E-state index contributed by atoms with van der Waals surface area (Å²) in [7, 11) is 0. The van der Waals surface area contributed by atoms with Crippen LogP contribution in [0.5, 0.6) is 11.6 Å². The Morgan fingerprint density at radius 2 is 2.10 bits per heavy atom. The molecule has 1 aromatic heterocycles. The molecule has 0 radical (unpaired) electrons. The average molecular weight is 425 g/mol. The van der Waals surface area contributed by atoms with Crippen molar-refractivity contribution in [1.29, 1.82) is 0 Å². The first-order valence-corrected chi connectivity index (χ1v) is 10.6. The van der Waals surface area contributed by atoms with Crippen LogP contribution in [0, 0.1) is 10.1 Å². The molecule has 0 spiro atoms. The smallest absolute Gasteiger partial charge is 0.270 e. The first-order chi connectivity index (χ1) is 14.6. The van der Waals surface area contributed by atoms with Gasteiger partial charge in [-0.3, -0.25) is 10.1 Å². The summed E-state index contributed by atoms with van der Waals surface area (Å²) in [5.74, 6) is 0.803. The highest BCUT2D eigenvalue weighted by Crippen LogP contribution is 2.41. The van der Waals surface area contributed by atoms with Crippen molar-refractivity contribution < 1.29 is 14.4 Å². The molecule has 0 aliphatic carbocycles. The largest absolute Gasteiger partial charge is 0.493 e. The standard InChI is InChI=1S/C20H19N5O4S/c1-3-10-28-16-9-8-12(25(26)27)11-14(16)18-21-15-7-5-4-6-13(15)17-19(29-18)22-20(30-2)24-23-17/h4-9,11,18,21H,3,10H2,1-2H3/t18-/m0/s1. The monoisotopic (exact) mass is 425 g/mol. The number of nitro benzene ring substituents is 1. The molecule has 1 atom stereocenters. The highest BCUT2D eigenvalue weighted by atomic mass is 32.2. The van der Waals surface area contributed by atoms with E-state index in [0.29, 0.717) is 34.7 Å². The predicted octanol–water partition coefficient (Wildman–Crippen LogP) is 4.46. The zero-order valence-corrected chi connectivity index (χ0v) is 17.2. The van der Waals surface area contributed by atoms with Crippen LogP contribution in [0.3, 0.4) is 0 Å². The summed E-state index contributed by atoms with van der Waals surface area (Å²) < 4.78 is 12.0. The summed E-state index contributed by atoms with van der Waals surface area (Å²) in [6.07, 6.45) is 1.88. The Morgan fingerprint density at radius 1 is 1.27 bits per heavy atom. The van der Waals surface area contributed by atoms with E-state index in [4.69, 9.17) is 9.47 Å². The number of hydrogen-bond donors (Lipinski definition) is 1. The third kappa shape index (κ3) is 3.86. The van der Waals surface area contributed by atoms with Gasteiger partial charge in [-0.05, 0) is 24.8 Å². The molecule has 4 rings (SSSR count). The fourth-order valence-corrected chi connectivity index (χ4v) is 3.37. The van der Waals surface area contributed by atoms with E-state index in [0.717, 1.165) is 17.7 Å². The molecule has 10 heteroatoms. The molecule has 0 saturated carbocycles. The molecule has 9 nitrogen and oxygen atoms in total. The Labute approximate surface area is 177 Å². The normalized spacial score (nSPS) is 14.5. The van der Waals surface area contributed by atoms with Gasteiger partial charge in [0, 0.05) is 23.4 Å². The molecule has 1 aliphatic rings. The lowest BCUT2D eigenvalue weighted by Gasteiger charge is -2.21. The minimum atomic E-state index is -0.773. The van der Waals surface area contributed by atoms with Gasteiger partial charge in [0.15, 0.2) is 5.69 Å². The van der Waals surface area contributed by atoms with Crippen molar-refractivity contribution in [2.45, 2.75) is 24.7 Å². The summed E-state index contributed by atoms with van der Waals surface area (Å²) in [4.78, 5) is 15.4. The molecule has 154 valence electrons. The Balaban J connectivity index is 1.85. The Morgan fingerprint density at radius 3 is 2.87 bits per heavy atom. The van der Waals surface area contributed by atoms with E-state index < -0.39 is 11.2 Å². The van der Waals surface area contributed by atoms with Crippen LogP contribution >= 0.6 is 11.8 Å². The highest BCUT2D eigenvalue weighted by molar-refractivity contribution is 7.98. The third-order valence-electron chi connectivity index (χ3n) is 4.46. The molecule has 0 amide bonds. The summed E-state index contributed by atoms with van der Waals surface area (Å²) in [6.45, 7) is 2.47. The van der Waals surface area contributed by atoms with Gasteiger partial charge in [-0.1, -0.05) is 36.9 Å². The van der Waals surface area contributed by atoms with Gasteiger partial charge in [-0.15, -0.1) is 10.2 Å². The number of nitrogens with one attached hydrogen (secondary N) is 1. The topological polar surface area (TPSA) is 112 Å². The van der Waals surface area contributed by atoms with Crippen molar-refractivity contribution in [1.82, 2.24) is 15.2 Å². The number of anilines is 1. The molecule has 3 aromatic rings. The van der Waals surface area contributed by atoms with Crippen molar-refractivity contribution in [2.75, 3.05) is 18.2 Å². The van der Waals surface area contributed by atoms with Gasteiger partial charge in [0.05, 0.1) is 17.1 Å². The van der Waals surface area contributed by atoms with Crippen LogP contribution in [0.4, 0.5) is 11.4 Å². The number of non-ortho nitro benzene ring substituents is 1. The lowest BCUT2D eigenvalue weighted by Crippen LogP contribution is -2.18. The summed E-state index contributed by atoms with van der Waals surface area (Å²) in [5, 5.41) is 23.6. The molecular formula is C20H19N5O4S. The van der Waals surface area contributed by atoms with Gasteiger partial charge in [-0.2, -0.15) is 4.98 Å². The summed E-state index contributed by atoms with van der Waals surface area (Å²) in [6, 6.07) is 12.0. The second kappa shape index (κ2) is 8.54. The molecule has 0 unspecified atom stereocenters. The van der Waals surface area contributed by atoms with Crippen LogP contribution in [-0.2, 0) is 0 Å². The molecule has 2 aromatic carbocycles. The van der Waals surface area contributed by atoms with Gasteiger partial charge < -0.3 is 14.8 Å². The Hall–Kier alpha value is -3.40. The van der Waals surface area contributed by atoms with E-state index in [9.17, 15) is 10.1 Å². The summed E-state index contributed by atoms with van der Waals surface area (Å²) in [5.41, 5.74) is 2.48. The fourth-order valence-electron chi connectivity index (χ4n) is 3.07. The van der Waals surface area contributed by atoms with E-state index in [2.05, 4.69) is 20.5 Å². The van der Waals surface area contributed by atoms with Gasteiger partial charge >= 0.3 is 0 Å². The van der Waals surface area contributed by atoms with Crippen molar-refractivity contribution >= 4 is 23.1 Å². The summed E-state index contributed by atoms with van der Waals surface area (Å²) >= 11 is 1.35. The zero-order valence-electron chi connectivity index (χ0n) is 16.4. The van der Waals surface area contributed by atoms with E-state index in [1.807, 2.05) is 37.4 Å². The first-order valence-electron chi connectivity index (χ1n) is 9.33. The molecule has 1 aliphatic heterocycles. The number of hydrogen-bond acceptors (Lipinski definition) is 9. The number of nitrogens with zero attached hydrogens (tertiary/aromatic N) is 4. The maximum atomic E-state index is 11.4. The number of fused-ring (bicyclic) bond motifs is 3. The van der Waals surface area contributed by atoms with E-state index in [-0.39, 0.29) is 5.69 Å². The second-order valence-electron chi connectivity index (χ2n) is 6.47. The Bertz CT molecular complexity index is 1090. The lowest BCUT2D eigenvalue weighted by atomic mass is 10.1. The van der Waals surface area contributed by atoms with Crippen molar-refractivity contribution in [2.24, 2.45) is 0 Å². The second-order valence-corrected chi connectivity index (χ2v) is 7.24. The van der Waals surface area contributed by atoms with E-state index >= 15 is 0 Å². The first kappa shape index (κ1) is 19.9. The number of rotatable bonds is 6. The maximum Gasteiger partial charge on any atom is 0.270 e. The number of aromatic nitrogens is 3. The van der Waals surface area contributed by atoms with Crippen molar-refractivity contribution in [3.8, 4) is 22.9 Å². The molecule has 0 fully saturated rings. The SMILES string of the molecule is CCCOc1ccc([N+](=O)[O-])cc1[C@H]1Nc2ccccc2-c2nnc(SC)nc2O1. The Kier molecular flexibility index (Phi) is 5.66.